The highest BCUT2D eigenvalue weighted by Crippen LogP contribution is 2.45. The van der Waals surface area contributed by atoms with Crippen molar-refractivity contribution in [3.05, 3.63) is 110 Å². The number of piperazine rings is 1. The fourth-order valence-electron chi connectivity index (χ4n) is 9.59. The number of hydrogen-bond acceptors (Lipinski definition) is 13. The second-order valence-corrected chi connectivity index (χ2v) is 20.6. The summed E-state index contributed by atoms with van der Waals surface area (Å²) in [6, 6.07) is 18.7. The van der Waals surface area contributed by atoms with Crippen LogP contribution < -0.4 is 25.4 Å². The number of carbonyl (C=O) groups is 1. The molecule has 2 aliphatic heterocycles. The number of nitrogen functional groups attached to an aromatic ring is 1. The Morgan fingerprint density at radius 2 is 1.69 bits per heavy atom. The lowest BCUT2D eigenvalue weighted by Crippen LogP contribution is -2.48. The number of carbonyl (C=O) groups excluding carboxylic acids is 1. The minimum Gasteiger partial charge on any atom is -0.455 e. The molecule has 4 aromatic rings. The van der Waals surface area contributed by atoms with Gasteiger partial charge in [0, 0.05) is 69.0 Å². The lowest BCUT2D eigenvalue weighted by molar-refractivity contribution is -0.383. The second kappa shape index (κ2) is 19.9. The lowest BCUT2D eigenvalue weighted by atomic mass is 9.72. The van der Waals surface area contributed by atoms with Gasteiger partial charge in [-0.1, -0.05) is 66.9 Å². The van der Waals surface area contributed by atoms with Gasteiger partial charge in [0.25, 0.3) is 15.9 Å². The minimum absolute atomic E-state index is 0.0314. The number of benzene rings is 3. The zero-order valence-corrected chi connectivity index (χ0v) is 39.1. The highest BCUT2D eigenvalue weighted by atomic mass is 35.5. The molecule has 1 amide bonds. The number of amides is 1. The lowest BCUT2D eigenvalue weighted by Gasteiger charge is -2.40. The third-order valence-electron chi connectivity index (χ3n) is 13.1. The second-order valence-electron chi connectivity index (χ2n) is 18.1. The molecular weight excluding hydrogens is 892 g/mol. The molecule has 0 radical (unpaired) electrons. The largest absolute Gasteiger partial charge is 0.455 e. The number of hydrogen-bond donors (Lipinski definition) is 3. The number of pyridine rings is 1. The zero-order chi connectivity index (χ0) is 45.9. The maximum atomic E-state index is 14.5. The van der Waals surface area contributed by atoms with Crippen LogP contribution in [0.2, 0.25) is 10.0 Å². The van der Waals surface area contributed by atoms with E-state index in [-0.39, 0.29) is 61.3 Å². The average molecular weight is 948 g/mol. The fourth-order valence-corrected chi connectivity index (χ4v) is 11.1. The van der Waals surface area contributed by atoms with Crippen LogP contribution in [0.1, 0.15) is 74.7 Å². The van der Waals surface area contributed by atoms with E-state index < -0.39 is 20.9 Å². The molecule has 1 saturated carbocycles. The summed E-state index contributed by atoms with van der Waals surface area (Å²) in [7, 11) is -4.73. The molecule has 65 heavy (non-hydrogen) atoms. The zero-order valence-electron chi connectivity index (χ0n) is 36.7. The molecule has 4 aliphatic rings. The first-order valence-corrected chi connectivity index (χ1v) is 24.5. The van der Waals surface area contributed by atoms with Gasteiger partial charge in [0.15, 0.2) is 0 Å². The number of nitro benzene ring substituents is 1. The molecule has 4 N–H and O–H groups in total. The molecule has 0 spiro atoms. The maximum absolute atomic E-state index is 14.5. The summed E-state index contributed by atoms with van der Waals surface area (Å²) in [6.07, 6.45) is 7.72. The number of nitrogens with zero attached hydrogens (tertiary/aromatic N) is 5. The van der Waals surface area contributed by atoms with Crippen LogP contribution in [0.3, 0.4) is 0 Å². The van der Waals surface area contributed by atoms with Crippen molar-refractivity contribution in [3.63, 3.8) is 0 Å². The minimum atomic E-state index is -4.73. The Labute approximate surface area is 390 Å². The van der Waals surface area contributed by atoms with E-state index in [1.165, 1.54) is 47.7 Å². The summed E-state index contributed by atoms with van der Waals surface area (Å²) in [5.74, 6) is -0.696. The SMILES string of the molecule is CC1(C)CCC(CN2CCN(c3c(S(=O)(=O)NC(=O)c4ccccc4Oc4cnc(N)c(Cl)c4)ccc(NC4CCC(N5CCOCC5)CC4)c3[N+](=O)[O-])CC2)=C(c2ccc(Cl)cc2)C1. The van der Waals surface area contributed by atoms with E-state index in [0.717, 1.165) is 70.1 Å². The van der Waals surface area contributed by atoms with Crippen LogP contribution in [0.25, 0.3) is 5.57 Å². The van der Waals surface area contributed by atoms with Crippen LogP contribution in [-0.4, -0.2) is 105 Å². The number of nitrogens with two attached hydrogens (primary N) is 1. The Hall–Kier alpha value is -4.97. The third-order valence-corrected chi connectivity index (χ3v) is 15.0. The van der Waals surface area contributed by atoms with Gasteiger partial charge in [0.1, 0.15) is 33.6 Å². The Balaban J connectivity index is 1.08. The van der Waals surface area contributed by atoms with Crippen LogP contribution in [-0.2, 0) is 14.8 Å². The number of ether oxygens (including phenoxy) is 2. The standard InChI is InChI=1S/C47H56Cl2N8O7S/c1-47(2)18-17-32(38(28-47)31-7-9-33(48)10-8-31)30-54-19-21-56(22-20-54)44-42(16-15-40(43(44)57(59)60)52-34-11-13-35(14-12-34)55-23-25-63-26-24-55)65(61,62)53-46(58)37-5-3-4-6-41(37)64-36-27-39(49)45(50)51-29-36/h3-10,15-16,27,29,34-35,52H,11-14,17-26,28,30H2,1-2H3,(H2,50,51)(H,53,58). The summed E-state index contributed by atoms with van der Waals surface area (Å²) < 4.78 is 42.7. The quantitative estimate of drug-likeness (QED) is 0.0856. The van der Waals surface area contributed by atoms with Gasteiger partial charge in [-0.25, -0.2) is 18.1 Å². The van der Waals surface area contributed by atoms with Gasteiger partial charge in [-0.15, -0.1) is 0 Å². The average Bonchev–Trinajstić information content (AvgIpc) is 3.29. The molecule has 3 aromatic carbocycles. The molecule has 0 atom stereocenters. The summed E-state index contributed by atoms with van der Waals surface area (Å²) >= 11 is 12.4. The van der Waals surface area contributed by atoms with E-state index in [0.29, 0.717) is 50.5 Å². The number of para-hydroxylation sites is 1. The molecule has 15 nitrogen and oxygen atoms in total. The van der Waals surface area contributed by atoms with Gasteiger partial charge in [-0.3, -0.25) is 24.7 Å². The van der Waals surface area contributed by atoms with Crippen molar-refractivity contribution in [1.29, 1.82) is 0 Å². The molecule has 8 rings (SSSR count). The predicted molar refractivity (Wildman–Crippen MR) is 255 cm³/mol. The maximum Gasteiger partial charge on any atom is 0.316 e. The topological polar surface area (TPSA) is 185 Å². The van der Waals surface area contributed by atoms with Gasteiger partial charge in [0.2, 0.25) is 0 Å². The molecule has 346 valence electrons. The first-order valence-electron chi connectivity index (χ1n) is 22.2. The molecular formula is C47H56Cl2N8O7S. The number of rotatable bonds is 13. The highest BCUT2D eigenvalue weighted by Gasteiger charge is 2.38. The Morgan fingerprint density at radius 3 is 2.38 bits per heavy atom. The number of sulfonamides is 1. The molecule has 3 fully saturated rings. The molecule has 18 heteroatoms. The van der Waals surface area contributed by atoms with Gasteiger partial charge >= 0.3 is 5.69 Å². The predicted octanol–water partition coefficient (Wildman–Crippen LogP) is 8.63. The summed E-state index contributed by atoms with van der Waals surface area (Å²) in [5, 5.41) is 17.6. The van der Waals surface area contributed by atoms with Gasteiger partial charge in [-0.2, -0.15) is 0 Å². The van der Waals surface area contributed by atoms with Crippen LogP contribution in [0.5, 0.6) is 11.5 Å². The van der Waals surface area contributed by atoms with E-state index in [1.807, 2.05) is 12.1 Å². The molecule has 0 unspecified atom stereocenters. The van der Waals surface area contributed by atoms with Crippen LogP contribution >= 0.6 is 23.2 Å². The van der Waals surface area contributed by atoms with Crippen molar-refractivity contribution >= 4 is 67.6 Å². The van der Waals surface area contributed by atoms with E-state index >= 15 is 0 Å². The van der Waals surface area contributed by atoms with E-state index in [2.05, 4.69) is 50.8 Å². The van der Waals surface area contributed by atoms with Crippen LogP contribution in [0.15, 0.2) is 83.4 Å². The Kier molecular flexibility index (Phi) is 14.2. The normalized spacial score (nSPS) is 20.9. The Bertz CT molecular complexity index is 2540. The summed E-state index contributed by atoms with van der Waals surface area (Å²) in [5.41, 5.74) is 9.47. The Morgan fingerprint density at radius 1 is 0.985 bits per heavy atom. The molecule has 2 saturated heterocycles. The first-order chi connectivity index (χ1) is 31.1. The number of halogens is 2. The fraction of sp³-hybridized carbons (Fsp3) is 0.447. The van der Waals surface area contributed by atoms with Crippen molar-refractivity contribution in [2.75, 3.05) is 75.0 Å². The number of nitro groups is 1. The first kappa shape index (κ1) is 46.6. The molecule has 0 bridgehead atoms. The van der Waals surface area contributed by atoms with Crippen molar-refractivity contribution < 1.29 is 27.6 Å². The van der Waals surface area contributed by atoms with E-state index in [9.17, 15) is 23.3 Å². The number of aromatic nitrogens is 1. The van der Waals surface area contributed by atoms with Crippen LogP contribution in [0.4, 0.5) is 22.9 Å². The molecule has 1 aromatic heterocycles. The van der Waals surface area contributed by atoms with Gasteiger partial charge in [-0.05, 0) is 97.9 Å². The van der Waals surface area contributed by atoms with E-state index in [4.69, 9.17) is 38.4 Å². The van der Waals surface area contributed by atoms with Crippen molar-refractivity contribution in [2.24, 2.45) is 5.41 Å². The number of morpholine rings is 1. The summed E-state index contributed by atoms with van der Waals surface area (Å²) in [4.78, 5) is 36.9. The monoisotopic (exact) mass is 946 g/mol. The molecule has 2 aliphatic carbocycles. The van der Waals surface area contributed by atoms with Crippen LogP contribution in [0, 0.1) is 15.5 Å². The number of allylic oxidation sites excluding steroid dienone is 1. The van der Waals surface area contributed by atoms with Gasteiger partial charge in [0.05, 0.1) is 34.9 Å². The van der Waals surface area contributed by atoms with Gasteiger partial charge < -0.3 is 25.4 Å². The highest BCUT2D eigenvalue weighted by molar-refractivity contribution is 7.90. The third kappa shape index (κ3) is 11.0. The smallest absolute Gasteiger partial charge is 0.316 e. The number of nitrogens with one attached hydrogen (secondary N) is 2. The van der Waals surface area contributed by atoms with Crippen molar-refractivity contribution in [1.82, 2.24) is 19.5 Å². The van der Waals surface area contributed by atoms with Crippen molar-refractivity contribution in [2.45, 2.75) is 75.8 Å². The van der Waals surface area contributed by atoms with E-state index in [1.54, 1.807) is 17.0 Å². The van der Waals surface area contributed by atoms with Crippen molar-refractivity contribution in [3.8, 4) is 11.5 Å². The molecule has 3 heterocycles. The summed E-state index contributed by atoms with van der Waals surface area (Å²) in [6.45, 7) is 10.2. The number of anilines is 3.